The van der Waals surface area contributed by atoms with Crippen LogP contribution in [0.25, 0.3) is 0 Å². The van der Waals surface area contributed by atoms with E-state index < -0.39 is 5.54 Å². The van der Waals surface area contributed by atoms with Gasteiger partial charge in [0.25, 0.3) is 0 Å². The SMILES string of the molecule is CCNC1(C(=O)OC)CCCC1CCSC1CCOCC1. The van der Waals surface area contributed by atoms with Crippen LogP contribution in [0.15, 0.2) is 0 Å². The van der Waals surface area contributed by atoms with Gasteiger partial charge in [-0.2, -0.15) is 11.8 Å². The van der Waals surface area contributed by atoms with Gasteiger partial charge in [0.05, 0.1) is 7.11 Å². The molecule has 2 unspecified atom stereocenters. The van der Waals surface area contributed by atoms with E-state index in [1.165, 1.54) is 20.0 Å². The van der Waals surface area contributed by atoms with E-state index >= 15 is 0 Å². The van der Waals surface area contributed by atoms with Crippen LogP contribution in [0.5, 0.6) is 0 Å². The van der Waals surface area contributed by atoms with Gasteiger partial charge >= 0.3 is 5.97 Å². The van der Waals surface area contributed by atoms with Crippen molar-refractivity contribution in [1.82, 2.24) is 5.32 Å². The van der Waals surface area contributed by atoms with E-state index in [4.69, 9.17) is 9.47 Å². The third-order valence-electron chi connectivity index (χ3n) is 4.85. The molecule has 1 aliphatic carbocycles. The fraction of sp³-hybridized carbons (Fsp3) is 0.938. The molecule has 4 nitrogen and oxygen atoms in total. The minimum atomic E-state index is -0.431. The van der Waals surface area contributed by atoms with Gasteiger partial charge in [0.15, 0.2) is 0 Å². The van der Waals surface area contributed by atoms with Crippen LogP contribution in [0, 0.1) is 5.92 Å². The maximum Gasteiger partial charge on any atom is 0.326 e. The maximum absolute atomic E-state index is 12.3. The Labute approximate surface area is 132 Å². The average Bonchev–Trinajstić information content (AvgIpc) is 2.92. The van der Waals surface area contributed by atoms with Crippen LogP contribution >= 0.6 is 11.8 Å². The summed E-state index contributed by atoms with van der Waals surface area (Å²) in [6.07, 6.45) is 6.62. The normalized spacial score (nSPS) is 30.5. The first-order valence-electron chi connectivity index (χ1n) is 8.25. The van der Waals surface area contributed by atoms with E-state index in [-0.39, 0.29) is 5.97 Å². The monoisotopic (exact) mass is 315 g/mol. The Morgan fingerprint density at radius 1 is 1.38 bits per heavy atom. The van der Waals surface area contributed by atoms with Crippen molar-refractivity contribution in [2.24, 2.45) is 5.92 Å². The fourth-order valence-corrected chi connectivity index (χ4v) is 5.04. The highest BCUT2D eigenvalue weighted by Gasteiger charge is 2.48. The standard InChI is InChI=1S/C16H29NO3S/c1-3-17-16(15(18)19-2)9-4-5-13(16)8-12-21-14-6-10-20-11-7-14/h13-14,17H,3-12H2,1-2H3. The maximum atomic E-state index is 12.3. The molecule has 1 saturated heterocycles. The van der Waals surface area contributed by atoms with Crippen molar-refractivity contribution < 1.29 is 14.3 Å². The summed E-state index contributed by atoms with van der Waals surface area (Å²) >= 11 is 2.06. The number of carbonyl (C=O) groups excluding carboxylic acids is 1. The first-order valence-corrected chi connectivity index (χ1v) is 9.30. The summed E-state index contributed by atoms with van der Waals surface area (Å²) in [5.74, 6) is 1.49. The zero-order chi connectivity index (χ0) is 15.1. The summed E-state index contributed by atoms with van der Waals surface area (Å²) in [5, 5.41) is 4.19. The van der Waals surface area contributed by atoms with Gasteiger partial charge in [-0.15, -0.1) is 0 Å². The topological polar surface area (TPSA) is 47.6 Å². The molecule has 5 heteroatoms. The van der Waals surface area contributed by atoms with Crippen molar-refractivity contribution in [1.29, 1.82) is 0 Å². The molecule has 21 heavy (non-hydrogen) atoms. The molecule has 1 N–H and O–H groups in total. The van der Waals surface area contributed by atoms with E-state index in [1.807, 2.05) is 0 Å². The Morgan fingerprint density at radius 2 is 2.14 bits per heavy atom. The highest BCUT2D eigenvalue weighted by atomic mass is 32.2. The Bertz CT molecular complexity index is 333. The number of nitrogens with one attached hydrogen (secondary N) is 1. The van der Waals surface area contributed by atoms with Crippen LogP contribution < -0.4 is 5.32 Å². The van der Waals surface area contributed by atoms with E-state index in [0.717, 1.165) is 56.4 Å². The lowest BCUT2D eigenvalue weighted by Gasteiger charge is -2.34. The lowest BCUT2D eigenvalue weighted by atomic mass is 9.85. The lowest BCUT2D eigenvalue weighted by Crippen LogP contribution is -2.55. The summed E-state index contributed by atoms with van der Waals surface area (Å²) < 4.78 is 10.5. The third-order valence-corrected chi connectivity index (χ3v) is 6.26. The molecule has 0 aromatic heterocycles. The lowest BCUT2D eigenvalue weighted by molar-refractivity contribution is -0.150. The molecule has 2 rings (SSSR count). The highest BCUT2D eigenvalue weighted by molar-refractivity contribution is 7.99. The van der Waals surface area contributed by atoms with Gasteiger partial charge in [0.1, 0.15) is 5.54 Å². The van der Waals surface area contributed by atoms with Crippen molar-refractivity contribution in [3.8, 4) is 0 Å². The Kier molecular flexibility index (Phi) is 6.83. The summed E-state index contributed by atoms with van der Waals surface area (Å²) in [7, 11) is 1.51. The van der Waals surface area contributed by atoms with Gasteiger partial charge < -0.3 is 14.8 Å². The number of esters is 1. The molecule has 1 saturated carbocycles. The molecule has 2 atom stereocenters. The Balaban J connectivity index is 1.86. The molecular weight excluding hydrogens is 286 g/mol. The summed E-state index contributed by atoms with van der Waals surface area (Å²) in [6, 6.07) is 0. The molecule has 0 aromatic rings. The molecule has 0 spiro atoms. The number of carbonyl (C=O) groups is 1. The second-order valence-electron chi connectivity index (χ2n) is 6.05. The highest BCUT2D eigenvalue weighted by Crippen LogP contribution is 2.40. The summed E-state index contributed by atoms with van der Waals surface area (Å²) in [6.45, 7) is 4.70. The van der Waals surface area contributed by atoms with E-state index in [9.17, 15) is 4.79 Å². The van der Waals surface area contributed by atoms with Gasteiger partial charge in [-0.05, 0) is 50.3 Å². The summed E-state index contributed by atoms with van der Waals surface area (Å²) in [5.41, 5.74) is -0.431. The third kappa shape index (κ3) is 4.14. The molecule has 122 valence electrons. The van der Waals surface area contributed by atoms with E-state index in [2.05, 4.69) is 24.0 Å². The molecule has 1 heterocycles. The van der Waals surface area contributed by atoms with Gasteiger partial charge in [-0.25, -0.2) is 0 Å². The molecule has 0 radical (unpaired) electrons. The number of thioether (sulfide) groups is 1. The number of hydrogen-bond acceptors (Lipinski definition) is 5. The van der Waals surface area contributed by atoms with Crippen LogP contribution in [0.3, 0.4) is 0 Å². The van der Waals surface area contributed by atoms with Gasteiger partial charge in [0.2, 0.25) is 0 Å². The number of hydrogen-bond donors (Lipinski definition) is 1. The minimum absolute atomic E-state index is 0.0667. The predicted octanol–water partition coefficient (Wildman–Crippen LogP) is 2.61. The zero-order valence-electron chi connectivity index (χ0n) is 13.4. The van der Waals surface area contributed by atoms with Crippen molar-refractivity contribution >= 4 is 17.7 Å². The second kappa shape index (κ2) is 8.39. The second-order valence-corrected chi connectivity index (χ2v) is 7.46. The average molecular weight is 315 g/mol. The molecular formula is C16H29NO3S. The van der Waals surface area contributed by atoms with Gasteiger partial charge in [0, 0.05) is 18.5 Å². The Morgan fingerprint density at radius 3 is 2.81 bits per heavy atom. The number of methoxy groups -OCH3 is 1. The molecule has 0 amide bonds. The smallest absolute Gasteiger partial charge is 0.326 e. The van der Waals surface area contributed by atoms with Crippen molar-refractivity contribution in [3.05, 3.63) is 0 Å². The van der Waals surface area contributed by atoms with Crippen molar-refractivity contribution in [2.45, 2.75) is 56.2 Å². The Hall–Kier alpha value is -0.260. The molecule has 0 bridgehead atoms. The molecule has 2 fully saturated rings. The number of likely N-dealkylation sites (N-methyl/N-ethyl adjacent to an activating group) is 1. The predicted molar refractivity (Wildman–Crippen MR) is 86.7 cm³/mol. The van der Waals surface area contributed by atoms with Crippen LogP contribution in [0.4, 0.5) is 0 Å². The van der Waals surface area contributed by atoms with Crippen molar-refractivity contribution in [2.75, 3.05) is 32.6 Å². The van der Waals surface area contributed by atoms with Gasteiger partial charge in [-0.3, -0.25) is 4.79 Å². The molecule has 1 aliphatic heterocycles. The van der Waals surface area contributed by atoms with Crippen molar-refractivity contribution in [3.63, 3.8) is 0 Å². The van der Waals surface area contributed by atoms with Crippen LogP contribution in [0.2, 0.25) is 0 Å². The van der Waals surface area contributed by atoms with Crippen LogP contribution in [-0.2, 0) is 14.3 Å². The first kappa shape index (κ1) is 17.1. The number of ether oxygens (including phenoxy) is 2. The van der Waals surface area contributed by atoms with E-state index in [1.54, 1.807) is 0 Å². The number of rotatable bonds is 7. The molecule has 0 aromatic carbocycles. The fourth-order valence-electron chi connectivity index (χ4n) is 3.76. The summed E-state index contributed by atoms with van der Waals surface area (Å²) in [4.78, 5) is 12.3. The quantitative estimate of drug-likeness (QED) is 0.732. The first-order chi connectivity index (χ1) is 10.2. The zero-order valence-corrected chi connectivity index (χ0v) is 14.2. The van der Waals surface area contributed by atoms with Crippen LogP contribution in [-0.4, -0.2) is 49.4 Å². The largest absolute Gasteiger partial charge is 0.468 e. The van der Waals surface area contributed by atoms with Gasteiger partial charge in [-0.1, -0.05) is 13.3 Å². The van der Waals surface area contributed by atoms with Crippen LogP contribution in [0.1, 0.15) is 45.4 Å². The minimum Gasteiger partial charge on any atom is -0.468 e. The van der Waals surface area contributed by atoms with E-state index in [0.29, 0.717) is 5.92 Å². The molecule has 2 aliphatic rings.